The van der Waals surface area contributed by atoms with Crippen molar-refractivity contribution in [2.24, 2.45) is 0 Å². The minimum atomic E-state index is -0.639. The van der Waals surface area contributed by atoms with Gasteiger partial charge in [0.1, 0.15) is 11.8 Å². The average molecular weight is 473 g/mol. The molecule has 0 saturated carbocycles. The van der Waals surface area contributed by atoms with Crippen molar-refractivity contribution in [2.75, 3.05) is 7.11 Å². The Bertz CT molecular complexity index is 1070. The number of nitrogens with zero attached hydrogens (tertiary/aromatic N) is 1. The van der Waals surface area contributed by atoms with E-state index in [1.54, 1.807) is 18.9 Å². The van der Waals surface area contributed by atoms with E-state index in [0.717, 1.165) is 16.7 Å². The normalized spacial score (nSPS) is 12.2. The van der Waals surface area contributed by atoms with Crippen LogP contribution in [0.2, 0.25) is 0 Å². The van der Waals surface area contributed by atoms with Crippen LogP contribution in [0.4, 0.5) is 0 Å². The first-order valence-electron chi connectivity index (χ1n) is 12.0. The Morgan fingerprint density at radius 2 is 1.46 bits per heavy atom. The maximum absolute atomic E-state index is 13.9. The fraction of sp³-hybridized carbons (Fsp3) is 0.333. The lowest BCUT2D eigenvalue weighted by Gasteiger charge is -2.32. The molecule has 5 heteroatoms. The highest BCUT2D eigenvalue weighted by atomic mass is 16.5. The zero-order valence-corrected chi connectivity index (χ0v) is 21.3. The van der Waals surface area contributed by atoms with Gasteiger partial charge in [0.05, 0.1) is 7.11 Å². The van der Waals surface area contributed by atoms with Crippen molar-refractivity contribution in [3.8, 4) is 5.75 Å². The third kappa shape index (κ3) is 7.44. The number of amides is 2. The van der Waals surface area contributed by atoms with Gasteiger partial charge in [-0.25, -0.2) is 0 Å². The Kier molecular flexibility index (Phi) is 8.69. The minimum absolute atomic E-state index is 0.0814. The highest BCUT2D eigenvalue weighted by Gasteiger charge is 2.30. The largest absolute Gasteiger partial charge is 0.497 e. The third-order valence-electron chi connectivity index (χ3n) is 5.94. The van der Waals surface area contributed by atoms with Crippen molar-refractivity contribution < 1.29 is 14.3 Å². The number of nitrogens with one attached hydrogen (secondary N) is 1. The van der Waals surface area contributed by atoms with Gasteiger partial charge < -0.3 is 15.0 Å². The molecule has 0 fully saturated rings. The van der Waals surface area contributed by atoms with Crippen LogP contribution < -0.4 is 10.1 Å². The molecule has 1 atom stereocenters. The first kappa shape index (κ1) is 26.0. The molecule has 0 radical (unpaired) electrons. The van der Waals surface area contributed by atoms with Gasteiger partial charge in [-0.15, -0.1) is 0 Å². The lowest BCUT2D eigenvalue weighted by molar-refractivity contribution is -0.141. The van der Waals surface area contributed by atoms with E-state index < -0.39 is 11.6 Å². The molecular formula is C30H36N2O3. The van der Waals surface area contributed by atoms with E-state index in [2.05, 4.69) is 5.32 Å². The molecule has 0 saturated heterocycles. The lowest BCUT2D eigenvalue weighted by Crippen LogP contribution is -2.52. The van der Waals surface area contributed by atoms with Gasteiger partial charge in [-0.1, -0.05) is 72.8 Å². The molecule has 0 unspecified atom stereocenters. The van der Waals surface area contributed by atoms with Crippen molar-refractivity contribution in [1.82, 2.24) is 10.2 Å². The van der Waals surface area contributed by atoms with Gasteiger partial charge in [-0.05, 0) is 56.5 Å². The fourth-order valence-corrected chi connectivity index (χ4v) is 4.11. The van der Waals surface area contributed by atoms with Crippen molar-refractivity contribution >= 4 is 11.8 Å². The zero-order chi connectivity index (χ0) is 25.4. The molecule has 0 aliphatic carbocycles. The number of ether oxygens (including phenoxy) is 1. The van der Waals surface area contributed by atoms with Gasteiger partial charge in [-0.2, -0.15) is 0 Å². The number of methoxy groups -OCH3 is 1. The Hall–Kier alpha value is -3.60. The van der Waals surface area contributed by atoms with Crippen LogP contribution >= 0.6 is 0 Å². The Morgan fingerprint density at radius 1 is 0.886 bits per heavy atom. The quantitative estimate of drug-likeness (QED) is 0.444. The Morgan fingerprint density at radius 3 is 1.97 bits per heavy atom. The summed E-state index contributed by atoms with van der Waals surface area (Å²) in [6.07, 6.45) is 0.255. The van der Waals surface area contributed by atoms with E-state index in [4.69, 9.17) is 4.74 Å². The molecule has 184 valence electrons. The Balaban J connectivity index is 1.93. The highest BCUT2D eigenvalue weighted by molar-refractivity contribution is 5.88. The summed E-state index contributed by atoms with van der Waals surface area (Å²) in [7, 11) is 1.62. The molecule has 1 N–H and O–H groups in total. The second-order valence-electron chi connectivity index (χ2n) is 9.87. The number of hydrogen-bond acceptors (Lipinski definition) is 3. The minimum Gasteiger partial charge on any atom is -0.497 e. The smallest absolute Gasteiger partial charge is 0.242 e. The molecule has 0 aliphatic heterocycles. The van der Waals surface area contributed by atoms with E-state index in [1.807, 2.05) is 106 Å². The monoisotopic (exact) mass is 472 g/mol. The van der Waals surface area contributed by atoms with Gasteiger partial charge in [0.2, 0.25) is 11.8 Å². The van der Waals surface area contributed by atoms with Crippen LogP contribution in [0.1, 0.15) is 56.7 Å². The third-order valence-corrected chi connectivity index (χ3v) is 5.94. The van der Waals surface area contributed by atoms with Crippen LogP contribution in [0.15, 0.2) is 84.9 Å². The number of carbonyl (C=O) groups excluding carboxylic acids is 2. The van der Waals surface area contributed by atoms with Crippen LogP contribution in [0.5, 0.6) is 5.75 Å². The van der Waals surface area contributed by atoms with Crippen molar-refractivity contribution in [2.45, 2.75) is 58.2 Å². The van der Waals surface area contributed by atoms with Crippen LogP contribution in [-0.2, 0) is 16.1 Å². The molecule has 0 bridgehead atoms. The van der Waals surface area contributed by atoms with E-state index >= 15 is 0 Å². The van der Waals surface area contributed by atoms with Crippen molar-refractivity contribution in [3.63, 3.8) is 0 Å². The van der Waals surface area contributed by atoms with E-state index in [0.29, 0.717) is 12.3 Å². The summed E-state index contributed by atoms with van der Waals surface area (Å²) in [6, 6.07) is 27.1. The molecule has 0 heterocycles. The summed E-state index contributed by atoms with van der Waals surface area (Å²) in [4.78, 5) is 28.7. The molecule has 3 aromatic carbocycles. The second-order valence-corrected chi connectivity index (χ2v) is 9.87. The van der Waals surface area contributed by atoms with Gasteiger partial charge in [-0.3, -0.25) is 9.59 Å². The maximum atomic E-state index is 13.9. The molecule has 0 aromatic heterocycles. The molecular weight excluding hydrogens is 436 g/mol. The lowest BCUT2D eigenvalue weighted by atomic mass is 9.88. The van der Waals surface area contributed by atoms with Gasteiger partial charge >= 0.3 is 0 Å². The summed E-state index contributed by atoms with van der Waals surface area (Å²) >= 11 is 0. The van der Waals surface area contributed by atoms with Gasteiger partial charge in [0.25, 0.3) is 0 Å². The summed E-state index contributed by atoms with van der Waals surface area (Å²) in [6.45, 7) is 7.91. The van der Waals surface area contributed by atoms with Crippen LogP contribution in [-0.4, -0.2) is 35.4 Å². The maximum Gasteiger partial charge on any atom is 0.242 e. The Labute approximate surface area is 209 Å². The van der Waals surface area contributed by atoms with Crippen molar-refractivity contribution in [1.29, 1.82) is 0 Å². The molecule has 0 spiro atoms. The van der Waals surface area contributed by atoms with Crippen molar-refractivity contribution in [3.05, 3.63) is 102 Å². The van der Waals surface area contributed by atoms with E-state index in [-0.39, 0.29) is 24.2 Å². The predicted octanol–water partition coefficient (Wildman–Crippen LogP) is 5.55. The zero-order valence-electron chi connectivity index (χ0n) is 21.3. The van der Waals surface area contributed by atoms with E-state index in [9.17, 15) is 9.59 Å². The first-order valence-corrected chi connectivity index (χ1v) is 12.0. The van der Waals surface area contributed by atoms with Gasteiger partial charge in [0.15, 0.2) is 0 Å². The van der Waals surface area contributed by atoms with Crippen LogP contribution in [0.25, 0.3) is 0 Å². The highest BCUT2D eigenvalue weighted by Crippen LogP contribution is 2.29. The SMILES string of the molecule is COc1cccc(CN(C(=O)CC(c2ccccc2)c2ccccc2)[C@@H](C)C(=O)NC(C)(C)C)c1. The number of rotatable bonds is 9. The van der Waals surface area contributed by atoms with Crippen LogP contribution in [0.3, 0.4) is 0 Å². The first-order chi connectivity index (χ1) is 16.7. The molecule has 3 rings (SSSR count). The fourth-order valence-electron chi connectivity index (χ4n) is 4.11. The summed E-state index contributed by atoms with van der Waals surface area (Å²) in [5.74, 6) is 0.343. The number of benzene rings is 3. The summed E-state index contributed by atoms with van der Waals surface area (Å²) < 4.78 is 5.37. The number of carbonyl (C=O) groups is 2. The standard InChI is InChI=1S/C30H36N2O3/c1-22(29(34)31-30(2,3)4)32(21-23-13-12-18-26(19-23)35-5)28(33)20-27(24-14-8-6-9-15-24)25-16-10-7-11-17-25/h6-19,22,27H,20-21H2,1-5H3,(H,31,34)/t22-/m0/s1. The molecule has 0 aliphatic rings. The molecule has 5 nitrogen and oxygen atoms in total. The molecule has 2 amide bonds. The topological polar surface area (TPSA) is 58.6 Å². The molecule has 3 aromatic rings. The second kappa shape index (κ2) is 11.7. The number of hydrogen-bond donors (Lipinski definition) is 1. The van der Waals surface area contributed by atoms with Crippen LogP contribution in [0, 0.1) is 0 Å². The average Bonchev–Trinajstić information content (AvgIpc) is 2.85. The van der Waals surface area contributed by atoms with Gasteiger partial charge in [0, 0.05) is 24.4 Å². The predicted molar refractivity (Wildman–Crippen MR) is 140 cm³/mol. The van der Waals surface area contributed by atoms with E-state index in [1.165, 1.54) is 0 Å². The molecule has 35 heavy (non-hydrogen) atoms. The summed E-state index contributed by atoms with van der Waals surface area (Å²) in [5, 5.41) is 3.02. The summed E-state index contributed by atoms with van der Waals surface area (Å²) in [5.41, 5.74) is 2.65.